The molecule has 0 bridgehead atoms. The van der Waals surface area contributed by atoms with E-state index < -0.39 is 0 Å². The number of anilines is 1. The Labute approximate surface area is 163 Å². The summed E-state index contributed by atoms with van der Waals surface area (Å²) in [4.78, 5) is 17.6. The molecule has 2 aromatic heterocycles. The SMILES string of the molecule is Cc1noc2nc(C3CC3)cc(C(=O)Nc3cccc(OC4CCCC4)c3)c12. The van der Waals surface area contributed by atoms with Gasteiger partial charge in [-0.15, -0.1) is 0 Å². The average molecular weight is 377 g/mol. The van der Waals surface area contributed by atoms with E-state index in [0.29, 0.717) is 34.0 Å². The Morgan fingerprint density at radius 3 is 2.79 bits per heavy atom. The van der Waals surface area contributed by atoms with E-state index in [1.807, 2.05) is 37.3 Å². The molecule has 1 aromatic carbocycles. The summed E-state index contributed by atoms with van der Waals surface area (Å²) in [6.07, 6.45) is 7.14. The number of hydrogen-bond acceptors (Lipinski definition) is 5. The van der Waals surface area contributed by atoms with Gasteiger partial charge in [0.25, 0.3) is 11.6 Å². The number of ether oxygens (including phenoxy) is 1. The smallest absolute Gasteiger partial charge is 0.259 e. The van der Waals surface area contributed by atoms with Crippen molar-refractivity contribution in [1.29, 1.82) is 0 Å². The van der Waals surface area contributed by atoms with Crippen LogP contribution in [-0.4, -0.2) is 22.2 Å². The van der Waals surface area contributed by atoms with Crippen LogP contribution in [-0.2, 0) is 0 Å². The van der Waals surface area contributed by atoms with Crippen LogP contribution in [0.15, 0.2) is 34.9 Å². The number of amides is 1. The molecule has 2 fully saturated rings. The lowest BCUT2D eigenvalue weighted by Crippen LogP contribution is -2.14. The number of fused-ring (bicyclic) bond motifs is 1. The first-order chi connectivity index (χ1) is 13.7. The van der Waals surface area contributed by atoms with Gasteiger partial charge in [-0.3, -0.25) is 4.79 Å². The number of aryl methyl sites for hydroxylation is 1. The van der Waals surface area contributed by atoms with Gasteiger partial charge in [0.15, 0.2) is 0 Å². The molecule has 144 valence electrons. The van der Waals surface area contributed by atoms with E-state index in [0.717, 1.165) is 37.1 Å². The minimum atomic E-state index is -0.182. The van der Waals surface area contributed by atoms with Crippen molar-refractivity contribution in [2.24, 2.45) is 0 Å². The topological polar surface area (TPSA) is 77.2 Å². The Morgan fingerprint density at radius 2 is 2.00 bits per heavy atom. The lowest BCUT2D eigenvalue weighted by atomic mass is 10.1. The lowest BCUT2D eigenvalue weighted by molar-refractivity contribution is 0.102. The van der Waals surface area contributed by atoms with Gasteiger partial charge in [0.1, 0.15) is 5.75 Å². The zero-order valence-corrected chi connectivity index (χ0v) is 15.9. The predicted molar refractivity (Wildman–Crippen MR) is 106 cm³/mol. The van der Waals surface area contributed by atoms with Crippen LogP contribution in [0.5, 0.6) is 5.75 Å². The van der Waals surface area contributed by atoms with E-state index >= 15 is 0 Å². The Balaban J connectivity index is 1.41. The summed E-state index contributed by atoms with van der Waals surface area (Å²) in [6.45, 7) is 1.83. The second kappa shape index (κ2) is 6.93. The van der Waals surface area contributed by atoms with Crippen molar-refractivity contribution in [1.82, 2.24) is 10.1 Å². The van der Waals surface area contributed by atoms with Crippen LogP contribution in [0, 0.1) is 6.92 Å². The van der Waals surface area contributed by atoms with Gasteiger partial charge in [0.05, 0.1) is 22.7 Å². The first kappa shape index (κ1) is 17.2. The molecule has 28 heavy (non-hydrogen) atoms. The number of rotatable bonds is 5. The summed E-state index contributed by atoms with van der Waals surface area (Å²) in [5, 5.41) is 7.68. The fourth-order valence-corrected chi connectivity index (χ4v) is 3.93. The van der Waals surface area contributed by atoms with Crippen molar-refractivity contribution in [3.63, 3.8) is 0 Å². The average Bonchev–Trinajstić information content (AvgIpc) is 3.31. The molecule has 0 radical (unpaired) electrons. The third kappa shape index (κ3) is 3.35. The summed E-state index contributed by atoms with van der Waals surface area (Å²) in [5.74, 6) is 1.03. The Bertz CT molecular complexity index is 1030. The summed E-state index contributed by atoms with van der Waals surface area (Å²) >= 11 is 0. The summed E-state index contributed by atoms with van der Waals surface area (Å²) < 4.78 is 11.4. The molecule has 2 saturated carbocycles. The molecule has 2 aliphatic rings. The fourth-order valence-electron chi connectivity index (χ4n) is 3.93. The zero-order chi connectivity index (χ0) is 19.1. The monoisotopic (exact) mass is 377 g/mol. The fraction of sp³-hybridized carbons (Fsp3) is 0.409. The zero-order valence-electron chi connectivity index (χ0n) is 15.9. The second-order valence-electron chi connectivity index (χ2n) is 7.82. The van der Waals surface area contributed by atoms with Gasteiger partial charge in [-0.05, 0) is 63.6 Å². The molecule has 6 heteroatoms. The van der Waals surface area contributed by atoms with Crippen LogP contribution in [0.3, 0.4) is 0 Å². The molecule has 0 aliphatic heterocycles. The molecule has 1 amide bonds. The van der Waals surface area contributed by atoms with E-state index in [1.165, 1.54) is 12.8 Å². The van der Waals surface area contributed by atoms with Crippen LogP contribution in [0.2, 0.25) is 0 Å². The highest BCUT2D eigenvalue weighted by Crippen LogP contribution is 2.40. The molecule has 0 spiro atoms. The summed E-state index contributed by atoms with van der Waals surface area (Å²) in [7, 11) is 0. The number of benzene rings is 1. The summed E-state index contributed by atoms with van der Waals surface area (Å²) in [6, 6.07) is 9.49. The quantitative estimate of drug-likeness (QED) is 0.678. The van der Waals surface area contributed by atoms with Gasteiger partial charge in [-0.1, -0.05) is 11.2 Å². The standard InChI is InChI=1S/C22H23N3O3/c1-13-20-18(12-19(14-9-10-14)24-22(20)28-25-13)21(26)23-15-5-4-8-17(11-15)27-16-6-2-3-7-16/h4-5,8,11-12,14,16H,2-3,6-7,9-10H2,1H3,(H,23,26). The number of hydrogen-bond donors (Lipinski definition) is 1. The Kier molecular flexibility index (Phi) is 4.26. The number of aromatic nitrogens is 2. The molecule has 0 saturated heterocycles. The molecular weight excluding hydrogens is 354 g/mol. The van der Waals surface area contributed by atoms with Crippen molar-refractivity contribution in [2.45, 2.75) is 57.5 Å². The first-order valence-electron chi connectivity index (χ1n) is 10.0. The highest BCUT2D eigenvalue weighted by atomic mass is 16.5. The van der Waals surface area contributed by atoms with E-state index in [-0.39, 0.29) is 12.0 Å². The van der Waals surface area contributed by atoms with Gasteiger partial charge < -0.3 is 14.6 Å². The van der Waals surface area contributed by atoms with Gasteiger partial charge in [0.2, 0.25) is 0 Å². The van der Waals surface area contributed by atoms with Gasteiger partial charge in [-0.25, -0.2) is 4.98 Å². The number of nitrogens with one attached hydrogen (secondary N) is 1. The number of nitrogens with zero attached hydrogens (tertiary/aromatic N) is 2. The van der Waals surface area contributed by atoms with Crippen LogP contribution in [0.4, 0.5) is 5.69 Å². The molecule has 1 N–H and O–H groups in total. The molecule has 0 atom stereocenters. The maximum absolute atomic E-state index is 13.1. The molecule has 6 nitrogen and oxygen atoms in total. The van der Waals surface area contributed by atoms with E-state index in [9.17, 15) is 4.79 Å². The number of carbonyl (C=O) groups excluding carboxylic acids is 1. The predicted octanol–water partition coefficient (Wildman–Crippen LogP) is 4.98. The van der Waals surface area contributed by atoms with Crippen LogP contribution in [0.1, 0.15) is 66.2 Å². The largest absolute Gasteiger partial charge is 0.490 e. The molecule has 5 rings (SSSR count). The van der Waals surface area contributed by atoms with Crippen LogP contribution >= 0.6 is 0 Å². The third-order valence-electron chi connectivity index (χ3n) is 5.57. The van der Waals surface area contributed by atoms with E-state index in [1.54, 1.807) is 0 Å². The van der Waals surface area contributed by atoms with Crippen molar-refractivity contribution in [3.8, 4) is 5.75 Å². The first-order valence-corrected chi connectivity index (χ1v) is 10.0. The maximum atomic E-state index is 13.1. The Hall–Kier alpha value is -2.89. The minimum absolute atomic E-state index is 0.182. The van der Waals surface area contributed by atoms with Gasteiger partial charge in [-0.2, -0.15) is 0 Å². The molecule has 2 aliphatic carbocycles. The van der Waals surface area contributed by atoms with Crippen LogP contribution in [0.25, 0.3) is 11.1 Å². The van der Waals surface area contributed by atoms with Crippen molar-refractivity contribution in [2.75, 3.05) is 5.32 Å². The normalized spacial score (nSPS) is 17.2. The van der Waals surface area contributed by atoms with Crippen LogP contribution < -0.4 is 10.1 Å². The molecule has 3 aromatic rings. The molecule has 2 heterocycles. The van der Waals surface area contributed by atoms with Crippen molar-refractivity contribution < 1.29 is 14.1 Å². The second-order valence-corrected chi connectivity index (χ2v) is 7.82. The molecule has 0 unspecified atom stereocenters. The summed E-state index contributed by atoms with van der Waals surface area (Å²) in [5.41, 5.74) is 3.30. The maximum Gasteiger partial charge on any atom is 0.259 e. The Morgan fingerprint density at radius 1 is 1.18 bits per heavy atom. The molecular formula is C22H23N3O3. The van der Waals surface area contributed by atoms with Gasteiger partial charge in [0, 0.05) is 23.4 Å². The number of pyridine rings is 1. The van der Waals surface area contributed by atoms with Gasteiger partial charge >= 0.3 is 0 Å². The minimum Gasteiger partial charge on any atom is -0.490 e. The van der Waals surface area contributed by atoms with E-state index in [2.05, 4.69) is 15.5 Å². The third-order valence-corrected chi connectivity index (χ3v) is 5.57. The highest BCUT2D eigenvalue weighted by Gasteiger charge is 2.28. The lowest BCUT2D eigenvalue weighted by Gasteiger charge is -2.14. The number of carbonyl (C=O) groups is 1. The highest BCUT2D eigenvalue weighted by molar-refractivity contribution is 6.12. The van der Waals surface area contributed by atoms with Crippen molar-refractivity contribution >= 4 is 22.7 Å². The van der Waals surface area contributed by atoms with E-state index in [4.69, 9.17) is 9.26 Å². The van der Waals surface area contributed by atoms with Crippen molar-refractivity contribution in [3.05, 3.63) is 47.3 Å².